The van der Waals surface area contributed by atoms with Crippen LogP contribution in [-0.4, -0.2) is 38.2 Å². The highest BCUT2D eigenvalue weighted by molar-refractivity contribution is 6.06. The normalized spacial score (nSPS) is 17.4. The lowest BCUT2D eigenvalue weighted by Crippen LogP contribution is -2.41. The van der Waals surface area contributed by atoms with E-state index < -0.39 is 0 Å². The number of aromatic nitrogens is 3. The number of nitrogens with one attached hydrogen (secondary N) is 1. The standard InChI is InChI=1S/C22H26N4O2/c1-22(2,3)19-10-11-20(27)26(24-19)14-15-7-6-12-25(15)21(28)17-13-23-18-9-5-4-8-16(17)18/h4-5,8-11,13,15,23H,6-7,12,14H2,1-3H3. The van der Waals surface area contributed by atoms with Crippen molar-refractivity contribution in [3.63, 3.8) is 0 Å². The number of carbonyl (C=O) groups is 1. The Balaban J connectivity index is 1.61. The van der Waals surface area contributed by atoms with Crippen molar-refractivity contribution in [1.29, 1.82) is 0 Å². The first kappa shape index (κ1) is 18.5. The maximum Gasteiger partial charge on any atom is 0.266 e. The van der Waals surface area contributed by atoms with Crippen LogP contribution >= 0.6 is 0 Å². The van der Waals surface area contributed by atoms with Gasteiger partial charge in [-0.05, 0) is 25.0 Å². The summed E-state index contributed by atoms with van der Waals surface area (Å²) in [5.41, 5.74) is 2.26. The first-order valence-electron chi connectivity index (χ1n) is 9.80. The summed E-state index contributed by atoms with van der Waals surface area (Å²) in [6.45, 7) is 7.36. The molecule has 1 atom stereocenters. The Morgan fingerprint density at radius 2 is 2.00 bits per heavy atom. The lowest BCUT2D eigenvalue weighted by Gasteiger charge is -2.25. The number of H-pyrrole nitrogens is 1. The van der Waals surface area contributed by atoms with Gasteiger partial charge in [-0.1, -0.05) is 39.0 Å². The number of benzene rings is 1. The Morgan fingerprint density at radius 1 is 1.21 bits per heavy atom. The van der Waals surface area contributed by atoms with Crippen molar-refractivity contribution in [3.05, 3.63) is 64.2 Å². The molecule has 0 bridgehead atoms. The fraction of sp³-hybridized carbons (Fsp3) is 0.409. The molecule has 146 valence electrons. The van der Waals surface area contributed by atoms with E-state index in [4.69, 9.17) is 0 Å². The van der Waals surface area contributed by atoms with Crippen LogP contribution in [0.25, 0.3) is 10.9 Å². The van der Waals surface area contributed by atoms with E-state index in [0.717, 1.165) is 29.4 Å². The Morgan fingerprint density at radius 3 is 2.79 bits per heavy atom. The minimum absolute atomic E-state index is 0.0139. The van der Waals surface area contributed by atoms with Crippen molar-refractivity contribution in [2.24, 2.45) is 0 Å². The van der Waals surface area contributed by atoms with Crippen molar-refractivity contribution in [2.45, 2.75) is 51.6 Å². The summed E-state index contributed by atoms with van der Waals surface area (Å²) in [7, 11) is 0. The van der Waals surface area contributed by atoms with Gasteiger partial charge in [0.2, 0.25) is 0 Å². The zero-order valence-electron chi connectivity index (χ0n) is 16.6. The van der Waals surface area contributed by atoms with Gasteiger partial charge in [-0.25, -0.2) is 4.68 Å². The number of hydrogen-bond donors (Lipinski definition) is 1. The average molecular weight is 378 g/mol. The van der Waals surface area contributed by atoms with Crippen molar-refractivity contribution in [3.8, 4) is 0 Å². The first-order chi connectivity index (χ1) is 13.3. The molecule has 2 aromatic heterocycles. The summed E-state index contributed by atoms with van der Waals surface area (Å²) in [4.78, 5) is 30.7. The third-order valence-corrected chi connectivity index (χ3v) is 5.48. The minimum Gasteiger partial charge on any atom is -0.360 e. The smallest absolute Gasteiger partial charge is 0.266 e. The highest BCUT2D eigenvalue weighted by atomic mass is 16.2. The maximum atomic E-state index is 13.2. The highest BCUT2D eigenvalue weighted by Gasteiger charge is 2.31. The van der Waals surface area contributed by atoms with Crippen LogP contribution in [-0.2, 0) is 12.0 Å². The monoisotopic (exact) mass is 378 g/mol. The van der Waals surface area contributed by atoms with Gasteiger partial charge in [-0.3, -0.25) is 9.59 Å². The number of aromatic amines is 1. The Labute approximate surface area is 164 Å². The molecule has 0 radical (unpaired) electrons. The molecule has 1 aromatic carbocycles. The molecule has 1 amide bonds. The zero-order valence-corrected chi connectivity index (χ0v) is 16.6. The molecule has 3 aromatic rings. The van der Waals surface area contributed by atoms with Crippen molar-refractivity contribution < 1.29 is 4.79 Å². The second-order valence-electron chi connectivity index (χ2n) is 8.53. The number of likely N-dealkylation sites (tertiary alicyclic amines) is 1. The molecule has 0 spiro atoms. The summed E-state index contributed by atoms with van der Waals surface area (Å²) < 4.78 is 1.52. The fourth-order valence-electron chi connectivity index (χ4n) is 3.88. The van der Waals surface area contributed by atoms with Gasteiger partial charge in [0.25, 0.3) is 11.5 Å². The van der Waals surface area contributed by atoms with Gasteiger partial charge in [0, 0.05) is 35.1 Å². The third kappa shape index (κ3) is 3.35. The molecule has 1 N–H and O–H groups in total. The SMILES string of the molecule is CC(C)(C)c1ccc(=O)n(CC2CCCN2C(=O)c2c[nH]c3ccccc23)n1. The molecule has 1 fully saturated rings. The molecular formula is C22H26N4O2. The van der Waals surface area contributed by atoms with Gasteiger partial charge >= 0.3 is 0 Å². The van der Waals surface area contributed by atoms with Crippen molar-refractivity contribution >= 4 is 16.8 Å². The molecule has 1 aliphatic heterocycles. The molecule has 28 heavy (non-hydrogen) atoms. The molecule has 0 aliphatic carbocycles. The van der Waals surface area contributed by atoms with E-state index >= 15 is 0 Å². The predicted octanol–water partition coefficient (Wildman–Crippen LogP) is 3.33. The Hall–Kier alpha value is -2.89. The molecule has 4 rings (SSSR count). The summed E-state index contributed by atoms with van der Waals surface area (Å²) in [6, 6.07) is 11.2. The number of amides is 1. The van der Waals surface area contributed by atoms with E-state index in [-0.39, 0.29) is 22.9 Å². The Bertz CT molecular complexity index is 1070. The quantitative estimate of drug-likeness (QED) is 0.760. The van der Waals surface area contributed by atoms with Crippen LogP contribution in [0.15, 0.2) is 47.4 Å². The van der Waals surface area contributed by atoms with E-state index in [1.54, 1.807) is 18.3 Å². The van der Waals surface area contributed by atoms with Gasteiger partial charge in [-0.2, -0.15) is 5.10 Å². The van der Waals surface area contributed by atoms with Gasteiger partial charge in [0.15, 0.2) is 0 Å². The highest BCUT2D eigenvalue weighted by Crippen LogP contribution is 2.25. The van der Waals surface area contributed by atoms with Gasteiger partial charge < -0.3 is 9.88 Å². The summed E-state index contributed by atoms with van der Waals surface area (Å²) >= 11 is 0. The molecular weight excluding hydrogens is 352 g/mol. The molecule has 1 saturated heterocycles. The van der Waals surface area contributed by atoms with Gasteiger partial charge in [0.05, 0.1) is 23.8 Å². The van der Waals surface area contributed by atoms with E-state index in [9.17, 15) is 9.59 Å². The van der Waals surface area contributed by atoms with Crippen molar-refractivity contribution in [2.75, 3.05) is 6.54 Å². The molecule has 0 saturated carbocycles. The van der Waals surface area contributed by atoms with Gasteiger partial charge in [-0.15, -0.1) is 0 Å². The van der Waals surface area contributed by atoms with Crippen LogP contribution in [0, 0.1) is 0 Å². The van der Waals surface area contributed by atoms with Crippen LogP contribution in [0.2, 0.25) is 0 Å². The first-order valence-corrected chi connectivity index (χ1v) is 9.80. The summed E-state index contributed by atoms with van der Waals surface area (Å²) in [6.07, 6.45) is 3.60. The molecule has 1 aliphatic rings. The van der Waals surface area contributed by atoms with E-state index in [2.05, 4.69) is 30.9 Å². The number of para-hydroxylation sites is 1. The summed E-state index contributed by atoms with van der Waals surface area (Å²) in [5.74, 6) is 0.0139. The van der Waals surface area contributed by atoms with Crippen LogP contribution < -0.4 is 5.56 Å². The number of hydrogen-bond acceptors (Lipinski definition) is 3. The molecule has 6 nitrogen and oxygen atoms in total. The second-order valence-corrected chi connectivity index (χ2v) is 8.53. The number of carbonyl (C=O) groups excluding carboxylic acids is 1. The predicted molar refractivity (Wildman–Crippen MR) is 110 cm³/mol. The topological polar surface area (TPSA) is 71.0 Å². The van der Waals surface area contributed by atoms with E-state index in [1.165, 1.54) is 4.68 Å². The zero-order chi connectivity index (χ0) is 19.9. The fourth-order valence-corrected chi connectivity index (χ4v) is 3.88. The molecule has 3 heterocycles. The van der Waals surface area contributed by atoms with Gasteiger partial charge in [0.1, 0.15) is 0 Å². The number of fused-ring (bicyclic) bond motifs is 1. The second kappa shape index (κ2) is 6.93. The van der Waals surface area contributed by atoms with E-state index in [1.807, 2.05) is 29.2 Å². The number of rotatable bonds is 3. The van der Waals surface area contributed by atoms with Crippen LogP contribution in [0.3, 0.4) is 0 Å². The molecule has 1 unspecified atom stereocenters. The third-order valence-electron chi connectivity index (χ3n) is 5.48. The lowest BCUT2D eigenvalue weighted by molar-refractivity contribution is 0.0722. The van der Waals surface area contributed by atoms with Crippen molar-refractivity contribution in [1.82, 2.24) is 19.7 Å². The maximum absolute atomic E-state index is 13.2. The Kier molecular flexibility index (Phi) is 4.57. The van der Waals surface area contributed by atoms with Crippen LogP contribution in [0.5, 0.6) is 0 Å². The van der Waals surface area contributed by atoms with Crippen LogP contribution in [0.1, 0.15) is 49.7 Å². The van der Waals surface area contributed by atoms with E-state index in [0.29, 0.717) is 18.7 Å². The largest absolute Gasteiger partial charge is 0.360 e. The molecule has 6 heteroatoms. The average Bonchev–Trinajstić information content (AvgIpc) is 3.29. The lowest BCUT2D eigenvalue weighted by atomic mass is 9.92. The number of nitrogens with zero attached hydrogens (tertiary/aromatic N) is 3. The summed E-state index contributed by atoms with van der Waals surface area (Å²) in [5, 5.41) is 5.51. The van der Waals surface area contributed by atoms with Crippen LogP contribution in [0.4, 0.5) is 0 Å². The minimum atomic E-state index is -0.134.